The molecule has 3 rings (SSSR count). The lowest BCUT2D eigenvalue weighted by Crippen LogP contribution is -2.15. The Morgan fingerprint density at radius 2 is 1.62 bits per heavy atom. The van der Waals surface area contributed by atoms with Crippen molar-refractivity contribution in [1.29, 1.82) is 5.26 Å². The van der Waals surface area contributed by atoms with Crippen LogP contribution in [0.5, 0.6) is 0 Å². The van der Waals surface area contributed by atoms with Crippen LogP contribution in [-0.2, 0) is 9.47 Å². The second kappa shape index (κ2) is 8.35. The Kier molecular flexibility index (Phi) is 5.87. The second-order valence-corrected chi connectivity index (χ2v) is 6.54. The predicted octanol–water partition coefficient (Wildman–Crippen LogP) is 4.29. The number of nitrogens with zero attached hydrogens (tertiary/aromatic N) is 3. The van der Waals surface area contributed by atoms with Crippen molar-refractivity contribution in [3.05, 3.63) is 69.3 Å². The van der Waals surface area contributed by atoms with Gasteiger partial charge in [0.1, 0.15) is 11.3 Å². The topological polar surface area (TPSA) is 94.2 Å². The molecular formula is C20H13Cl2N3O4. The van der Waals surface area contributed by atoms with Crippen LogP contribution < -0.4 is 0 Å². The number of carbonyl (C=O) groups is 2. The van der Waals surface area contributed by atoms with E-state index in [4.69, 9.17) is 37.9 Å². The number of para-hydroxylation sites is 1. The molecule has 0 aliphatic heterocycles. The van der Waals surface area contributed by atoms with Crippen LogP contribution in [0.15, 0.2) is 42.5 Å². The molecule has 0 saturated heterocycles. The van der Waals surface area contributed by atoms with Gasteiger partial charge in [-0.3, -0.25) is 0 Å². The lowest BCUT2D eigenvalue weighted by molar-refractivity contribution is 0.0549. The Morgan fingerprint density at radius 1 is 1.03 bits per heavy atom. The van der Waals surface area contributed by atoms with Crippen molar-refractivity contribution in [2.24, 2.45) is 0 Å². The monoisotopic (exact) mass is 429 g/mol. The Hall–Kier alpha value is -3.34. The van der Waals surface area contributed by atoms with Gasteiger partial charge in [0.25, 0.3) is 0 Å². The fourth-order valence-corrected chi connectivity index (χ4v) is 3.46. The van der Waals surface area contributed by atoms with Crippen molar-refractivity contribution in [3.63, 3.8) is 0 Å². The normalized spacial score (nSPS) is 10.3. The fourth-order valence-electron chi connectivity index (χ4n) is 2.79. The number of ether oxygens (including phenoxy) is 2. The third-order valence-corrected chi connectivity index (χ3v) is 4.66. The van der Waals surface area contributed by atoms with Gasteiger partial charge >= 0.3 is 11.9 Å². The van der Waals surface area contributed by atoms with Gasteiger partial charge in [0.2, 0.25) is 0 Å². The molecule has 0 fully saturated rings. The largest absolute Gasteiger partial charge is 0.465 e. The molecule has 7 nitrogen and oxygen atoms in total. The highest BCUT2D eigenvalue weighted by molar-refractivity contribution is 6.39. The van der Waals surface area contributed by atoms with E-state index in [2.05, 4.69) is 5.10 Å². The first-order chi connectivity index (χ1) is 13.9. The lowest BCUT2D eigenvalue weighted by Gasteiger charge is -2.08. The SMILES string of the molecule is COC(=O)c1c(-c2c(Cl)cc(C#N)cc2Cl)nn(-c2ccccc2)c1C(=O)OC. The molecule has 29 heavy (non-hydrogen) atoms. The Balaban J connectivity index is 2.43. The zero-order chi connectivity index (χ0) is 21.1. The van der Waals surface area contributed by atoms with Gasteiger partial charge in [-0.05, 0) is 24.3 Å². The quantitative estimate of drug-likeness (QED) is 0.574. The maximum Gasteiger partial charge on any atom is 0.357 e. The van der Waals surface area contributed by atoms with Crippen molar-refractivity contribution in [2.45, 2.75) is 0 Å². The zero-order valence-corrected chi connectivity index (χ0v) is 16.8. The van der Waals surface area contributed by atoms with Crippen LogP contribution in [0, 0.1) is 11.3 Å². The Morgan fingerprint density at radius 3 is 2.14 bits per heavy atom. The lowest BCUT2D eigenvalue weighted by atomic mass is 10.0. The average molecular weight is 430 g/mol. The molecule has 0 saturated carbocycles. The maximum atomic E-state index is 12.6. The fraction of sp³-hybridized carbons (Fsp3) is 0.100. The Bertz CT molecular complexity index is 1130. The number of halogens is 2. The van der Waals surface area contributed by atoms with E-state index in [-0.39, 0.29) is 38.1 Å². The van der Waals surface area contributed by atoms with E-state index < -0.39 is 11.9 Å². The molecule has 0 N–H and O–H groups in total. The van der Waals surface area contributed by atoms with Crippen LogP contribution in [0.2, 0.25) is 10.0 Å². The smallest absolute Gasteiger partial charge is 0.357 e. The summed E-state index contributed by atoms with van der Waals surface area (Å²) in [6.07, 6.45) is 0. The van der Waals surface area contributed by atoms with E-state index in [0.29, 0.717) is 5.69 Å². The number of nitriles is 1. The molecule has 0 amide bonds. The number of hydrogen-bond donors (Lipinski definition) is 0. The van der Waals surface area contributed by atoms with Gasteiger partial charge in [0, 0.05) is 5.56 Å². The van der Waals surface area contributed by atoms with Crippen molar-refractivity contribution < 1.29 is 19.1 Å². The average Bonchev–Trinajstić information content (AvgIpc) is 3.12. The molecule has 3 aromatic rings. The molecule has 0 radical (unpaired) electrons. The van der Waals surface area contributed by atoms with Crippen molar-refractivity contribution >= 4 is 35.1 Å². The summed E-state index contributed by atoms with van der Waals surface area (Å²) in [7, 11) is 2.36. The van der Waals surface area contributed by atoms with Crippen LogP contribution >= 0.6 is 23.2 Å². The van der Waals surface area contributed by atoms with Crippen LogP contribution in [0.1, 0.15) is 26.4 Å². The molecule has 1 aromatic heterocycles. The van der Waals surface area contributed by atoms with Gasteiger partial charge in [-0.15, -0.1) is 0 Å². The second-order valence-electron chi connectivity index (χ2n) is 5.73. The first-order valence-corrected chi connectivity index (χ1v) is 8.93. The van der Waals surface area contributed by atoms with E-state index in [1.54, 1.807) is 30.3 Å². The molecule has 0 atom stereocenters. The van der Waals surface area contributed by atoms with Crippen molar-refractivity contribution in [1.82, 2.24) is 9.78 Å². The van der Waals surface area contributed by atoms with Gasteiger partial charge in [0.05, 0.1) is 41.6 Å². The van der Waals surface area contributed by atoms with Gasteiger partial charge in [-0.25, -0.2) is 14.3 Å². The summed E-state index contributed by atoms with van der Waals surface area (Å²) in [6, 6.07) is 13.4. The van der Waals surface area contributed by atoms with Gasteiger partial charge < -0.3 is 9.47 Å². The molecule has 9 heteroatoms. The highest BCUT2D eigenvalue weighted by atomic mass is 35.5. The van der Waals surface area contributed by atoms with Gasteiger partial charge in [0.15, 0.2) is 5.69 Å². The standard InChI is InChI=1S/C20H13Cl2N3O4/c1-28-19(26)16-17(15-13(21)8-11(10-23)9-14(15)22)24-25(18(16)20(27)29-2)12-6-4-3-5-7-12/h3-9H,1-2H3. The summed E-state index contributed by atoms with van der Waals surface area (Å²) < 4.78 is 11.0. The number of methoxy groups -OCH3 is 2. The predicted molar refractivity (Wildman–Crippen MR) is 106 cm³/mol. The molecule has 0 aliphatic carbocycles. The van der Waals surface area contributed by atoms with Crippen molar-refractivity contribution in [3.8, 4) is 23.0 Å². The molecule has 2 aromatic carbocycles. The number of rotatable bonds is 4. The summed E-state index contributed by atoms with van der Waals surface area (Å²) in [5.41, 5.74) is 0.658. The van der Waals surface area contributed by atoms with E-state index in [0.717, 1.165) is 0 Å². The summed E-state index contributed by atoms with van der Waals surface area (Å²) in [4.78, 5) is 25.2. The number of esters is 2. The minimum atomic E-state index is -0.820. The summed E-state index contributed by atoms with van der Waals surface area (Å²) in [5, 5.41) is 13.7. The minimum absolute atomic E-state index is 0.0283. The van der Waals surface area contributed by atoms with Crippen LogP contribution in [0.25, 0.3) is 16.9 Å². The molecule has 0 unspecified atom stereocenters. The zero-order valence-electron chi connectivity index (χ0n) is 15.3. The third kappa shape index (κ3) is 3.68. The molecule has 1 heterocycles. The van der Waals surface area contributed by atoms with Crippen LogP contribution in [0.4, 0.5) is 0 Å². The number of carbonyl (C=O) groups excluding carboxylic acids is 2. The van der Waals surface area contributed by atoms with Gasteiger partial charge in [-0.1, -0.05) is 41.4 Å². The first kappa shape index (κ1) is 20.4. The molecule has 0 aliphatic rings. The van der Waals surface area contributed by atoms with Crippen LogP contribution in [-0.4, -0.2) is 35.9 Å². The van der Waals surface area contributed by atoms with E-state index in [1.807, 2.05) is 6.07 Å². The van der Waals surface area contributed by atoms with E-state index in [9.17, 15) is 9.59 Å². The maximum absolute atomic E-state index is 12.6. The summed E-state index contributed by atoms with van der Waals surface area (Å²) in [5.74, 6) is -1.62. The van der Waals surface area contributed by atoms with E-state index >= 15 is 0 Å². The number of hydrogen-bond acceptors (Lipinski definition) is 6. The number of aromatic nitrogens is 2. The summed E-state index contributed by atoms with van der Waals surface area (Å²) >= 11 is 12.7. The number of benzene rings is 2. The van der Waals surface area contributed by atoms with E-state index in [1.165, 1.54) is 31.0 Å². The first-order valence-electron chi connectivity index (χ1n) is 8.17. The highest BCUT2D eigenvalue weighted by Gasteiger charge is 2.33. The molecule has 0 bridgehead atoms. The van der Waals surface area contributed by atoms with Crippen molar-refractivity contribution in [2.75, 3.05) is 14.2 Å². The third-order valence-electron chi connectivity index (χ3n) is 4.06. The van der Waals surface area contributed by atoms with Gasteiger partial charge in [-0.2, -0.15) is 10.4 Å². The minimum Gasteiger partial charge on any atom is -0.465 e. The molecular weight excluding hydrogens is 417 g/mol. The Labute approximate surface area is 176 Å². The van der Waals surface area contributed by atoms with Crippen LogP contribution in [0.3, 0.4) is 0 Å². The molecule has 0 spiro atoms. The summed E-state index contributed by atoms with van der Waals surface area (Å²) in [6.45, 7) is 0. The highest BCUT2D eigenvalue weighted by Crippen LogP contribution is 2.39. The molecule has 146 valence electrons.